The van der Waals surface area contributed by atoms with Gasteiger partial charge in [0.1, 0.15) is 6.61 Å². The van der Waals surface area contributed by atoms with Gasteiger partial charge >= 0.3 is 0 Å². The molecule has 4 aromatic carbocycles. The van der Waals surface area contributed by atoms with Crippen molar-refractivity contribution in [3.63, 3.8) is 0 Å². The summed E-state index contributed by atoms with van der Waals surface area (Å²) in [6, 6.07) is 22.2. The van der Waals surface area contributed by atoms with Crippen LogP contribution in [-0.4, -0.2) is 46.3 Å². The second-order valence-electron chi connectivity index (χ2n) is 10.9. The molecule has 0 aliphatic heterocycles. The van der Waals surface area contributed by atoms with Gasteiger partial charge in [0.15, 0.2) is 58.2 Å². The van der Waals surface area contributed by atoms with Gasteiger partial charge in [-0.25, -0.2) is 0 Å². The normalized spacial score (nSPS) is 11.8. The van der Waals surface area contributed by atoms with E-state index < -0.39 is 12.2 Å². The first-order valence-corrected chi connectivity index (χ1v) is 15.5. The van der Waals surface area contributed by atoms with Gasteiger partial charge in [-0.2, -0.15) is 0 Å². The molecular weight excluding hydrogens is 608 g/mol. The van der Waals surface area contributed by atoms with Gasteiger partial charge in [-0.3, -0.25) is 0 Å². The van der Waals surface area contributed by atoms with Gasteiger partial charge in [-0.15, -0.1) is 19.7 Å². The van der Waals surface area contributed by atoms with Gasteiger partial charge < -0.3 is 38.3 Å². The van der Waals surface area contributed by atoms with Crippen molar-refractivity contribution in [2.24, 2.45) is 0 Å². The van der Waals surface area contributed by atoms with Gasteiger partial charge in [0.25, 0.3) is 0 Å². The van der Waals surface area contributed by atoms with Crippen molar-refractivity contribution in [2.75, 3.05) is 35.0 Å². The zero-order chi connectivity index (χ0) is 34.5. The Balaban J connectivity index is 1.83. The van der Waals surface area contributed by atoms with Crippen LogP contribution in [-0.2, 0) is 19.3 Å². The van der Waals surface area contributed by atoms with E-state index in [0.29, 0.717) is 59.3 Å². The molecule has 0 unspecified atom stereocenters. The summed E-state index contributed by atoms with van der Waals surface area (Å²) in [6.45, 7) is 11.6. The topological polar surface area (TPSA) is 84.8 Å². The molecule has 8 nitrogen and oxygen atoms in total. The third-order valence-corrected chi connectivity index (χ3v) is 7.63. The van der Waals surface area contributed by atoms with Crippen molar-refractivity contribution in [3.8, 4) is 46.0 Å². The Morgan fingerprint density at radius 2 is 1.00 bits per heavy atom. The number of phenols is 1. The van der Waals surface area contributed by atoms with Crippen LogP contribution in [0.1, 0.15) is 28.4 Å². The van der Waals surface area contributed by atoms with E-state index in [1.807, 2.05) is 72.8 Å². The molecule has 0 spiro atoms. The van der Waals surface area contributed by atoms with Crippen LogP contribution in [0.2, 0.25) is 0 Å². The maximum Gasteiger partial charge on any atom is 0.174 e. The van der Waals surface area contributed by atoms with E-state index in [-0.39, 0.29) is 18.1 Å². The molecule has 0 saturated carbocycles. The molecule has 252 valence electrons. The van der Waals surface area contributed by atoms with E-state index in [0.717, 1.165) is 16.7 Å². The van der Waals surface area contributed by atoms with Crippen LogP contribution in [0.3, 0.4) is 0 Å². The smallest absolute Gasteiger partial charge is 0.174 e. The van der Waals surface area contributed by atoms with Crippen LogP contribution >= 0.6 is 0 Å². The molecular formula is C40H44O8. The van der Waals surface area contributed by atoms with Crippen LogP contribution in [0.15, 0.2) is 111 Å². The first-order chi connectivity index (χ1) is 23.4. The van der Waals surface area contributed by atoms with Crippen LogP contribution in [0.25, 0.3) is 0 Å². The zero-order valence-electron chi connectivity index (χ0n) is 28.1. The van der Waals surface area contributed by atoms with Crippen molar-refractivity contribution in [2.45, 2.75) is 31.5 Å². The summed E-state index contributed by atoms with van der Waals surface area (Å²) in [5, 5.41) is 10.5. The summed E-state index contributed by atoms with van der Waals surface area (Å²) in [7, 11) is 6.27. The van der Waals surface area contributed by atoms with Gasteiger partial charge in [0, 0.05) is 5.56 Å². The molecule has 0 aliphatic rings. The fraction of sp³-hybridized carbons (Fsp3) is 0.250. The molecule has 0 saturated heterocycles. The third-order valence-electron chi connectivity index (χ3n) is 7.63. The summed E-state index contributed by atoms with van der Waals surface area (Å²) in [5.74, 6) is 3.41. The van der Waals surface area contributed by atoms with E-state index in [1.165, 1.54) is 7.11 Å². The molecule has 8 heteroatoms. The maximum atomic E-state index is 10.5. The highest BCUT2D eigenvalue weighted by molar-refractivity contribution is 5.48. The molecule has 0 radical (unpaired) electrons. The first-order valence-electron chi connectivity index (χ1n) is 15.5. The Kier molecular flexibility index (Phi) is 12.8. The molecule has 1 N–H and O–H groups in total. The van der Waals surface area contributed by atoms with Crippen molar-refractivity contribution in [3.05, 3.63) is 133 Å². The average molecular weight is 653 g/mol. The predicted molar refractivity (Wildman–Crippen MR) is 189 cm³/mol. The molecule has 0 fully saturated rings. The van der Waals surface area contributed by atoms with Gasteiger partial charge in [0.05, 0.1) is 28.4 Å². The minimum absolute atomic E-state index is 0.0103. The van der Waals surface area contributed by atoms with E-state index in [2.05, 4.69) is 19.7 Å². The lowest BCUT2D eigenvalue weighted by Crippen LogP contribution is -2.35. The van der Waals surface area contributed by atoms with Gasteiger partial charge in [0.2, 0.25) is 0 Å². The highest BCUT2D eigenvalue weighted by Crippen LogP contribution is 2.39. The van der Waals surface area contributed by atoms with Crippen molar-refractivity contribution < 1.29 is 38.3 Å². The standard InChI is InChI=1S/C40H44O8/c1-8-11-27-14-19-32(36(22-27)43-5)46-26-39(47-33-20-15-28(12-9-2)23-37(33)44-6)40(30-17-18-31(41)35(25-30)42-4)48-34-21-16-29(13-10-3)24-38(34)45-7/h8-10,14-25,39-41H,1-3,11-13,26H2,4-7H3/t39-,40-/m0/s1. The Labute approximate surface area is 283 Å². The lowest BCUT2D eigenvalue weighted by atomic mass is 10.0. The van der Waals surface area contributed by atoms with Crippen molar-refractivity contribution in [1.29, 1.82) is 0 Å². The number of methoxy groups -OCH3 is 4. The number of hydrogen-bond donors (Lipinski definition) is 1. The third kappa shape index (κ3) is 8.85. The lowest BCUT2D eigenvalue weighted by molar-refractivity contribution is 0.0183. The number of allylic oxidation sites excluding steroid dienone is 3. The Hall–Kier alpha value is -5.50. The quantitative estimate of drug-likeness (QED) is 0.101. The maximum absolute atomic E-state index is 10.5. The first kappa shape index (κ1) is 35.4. The molecule has 0 aromatic heterocycles. The summed E-state index contributed by atoms with van der Waals surface area (Å²) in [6.07, 6.45) is 5.93. The fourth-order valence-corrected chi connectivity index (χ4v) is 5.22. The Bertz CT molecular complexity index is 1700. The summed E-state index contributed by atoms with van der Waals surface area (Å²) in [5.41, 5.74) is 3.73. The molecule has 4 rings (SSSR count). The van der Waals surface area contributed by atoms with Crippen LogP contribution in [0, 0.1) is 0 Å². The number of rotatable bonds is 19. The number of benzene rings is 4. The van der Waals surface area contributed by atoms with Crippen LogP contribution < -0.4 is 33.2 Å². The molecule has 0 aliphatic carbocycles. The van der Waals surface area contributed by atoms with E-state index >= 15 is 0 Å². The predicted octanol–water partition coefficient (Wildman–Crippen LogP) is 8.26. The highest BCUT2D eigenvalue weighted by atomic mass is 16.6. The molecule has 0 amide bonds. The zero-order valence-corrected chi connectivity index (χ0v) is 28.1. The second-order valence-corrected chi connectivity index (χ2v) is 10.9. The number of hydrogen-bond acceptors (Lipinski definition) is 8. The van der Waals surface area contributed by atoms with E-state index in [9.17, 15) is 5.11 Å². The van der Waals surface area contributed by atoms with Gasteiger partial charge in [-0.05, 0) is 84.5 Å². The molecule has 0 bridgehead atoms. The Morgan fingerprint density at radius 3 is 1.48 bits per heavy atom. The van der Waals surface area contributed by atoms with E-state index in [1.54, 1.807) is 39.5 Å². The molecule has 48 heavy (non-hydrogen) atoms. The molecule has 2 atom stereocenters. The van der Waals surface area contributed by atoms with Gasteiger partial charge in [-0.1, -0.05) is 42.5 Å². The second kappa shape index (κ2) is 17.4. The van der Waals surface area contributed by atoms with Crippen LogP contribution in [0.5, 0.6) is 46.0 Å². The monoisotopic (exact) mass is 652 g/mol. The van der Waals surface area contributed by atoms with Crippen molar-refractivity contribution in [1.82, 2.24) is 0 Å². The largest absolute Gasteiger partial charge is 0.504 e. The average Bonchev–Trinajstić information content (AvgIpc) is 3.11. The van der Waals surface area contributed by atoms with E-state index in [4.69, 9.17) is 33.2 Å². The molecule has 0 heterocycles. The Morgan fingerprint density at radius 1 is 0.542 bits per heavy atom. The fourth-order valence-electron chi connectivity index (χ4n) is 5.22. The number of ether oxygens (including phenoxy) is 7. The SMILES string of the molecule is C=CCc1ccc(OC[C@H](Oc2ccc(CC=C)cc2OC)[C@@H](Oc2ccc(CC=C)cc2OC)c2ccc(O)c(OC)c2)c(OC)c1. The van der Waals surface area contributed by atoms with Crippen molar-refractivity contribution >= 4 is 0 Å². The summed E-state index contributed by atoms with van der Waals surface area (Å²) in [4.78, 5) is 0. The van der Waals surface area contributed by atoms with Crippen LogP contribution in [0.4, 0.5) is 0 Å². The molecule has 4 aromatic rings. The lowest BCUT2D eigenvalue weighted by Gasteiger charge is -2.30. The number of aromatic hydroxyl groups is 1. The summed E-state index contributed by atoms with van der Waals surface area (Å²) >= 11 is 0. The number of phenolic OH excluding ortho intramolecular Hbond substituents is 1. The minimum atomic E-state index is -0.803. The minimum Gasteiger partial charge on any atom is -0.504 e. The highest BCUT2D eigenvalue weighted by Gasteiger charge is 2.31. The summed E-state index contributed by atoms with van der Waals surface area (Å²) < 4.78 is 42.6.